The van der Waals surface area contributed by atoms with Gasteiger partial charge in [0.05, 0.1) is 0 Å². The van der Waals surface area contributed by atoms with E-state index in [2.05, 4.69) is 57.5 Å². The number of rotatable bonds is 6. The first kappa shape index (κ1) is 24.2. The predicted octanol–water partition coefficient (Wildman–Crippen LogP) is 4.16. The molecule has 0 aliphatic carbocycles. The van der Waals surface area contributed by atoms with Gasteiger partial charge < -0.3 is 15.5 Å². The molecule has 0 saturated carbocycles. The van der Waals surface area contributed by atoms with Crippen molar-refractivity contribution in [1.29, 1.82) is 0 Å². The third kappa shape index (κ3) is 7.60. The number of likely N-dealkylation sites (tertiary alicyclic amines) is 1. The van der Waals surface area contributed by atoms with E-state index in [0.29, 0.717) is 11.9 Å². The van der Waals surface area contributed by atoms with Crippen LogP contribution in [0.4, 0.5) is 0 Å². The molecule has 1 amide bonds. The van der Waals surface area contributed by atoms with Crippen LogP contribution in [0.3, 0.4) is 0 Å². The molecule has 1 aliphatic heterocycles. The lowest BCUT2D eigenvalue weighted by atomic mass is 9.98. The molecule has 1 aromatic rings. The number of carbonyl (C=O) groups is 1. The van der Waals surface area contributed by atoms with Crippen molar-refractivity contribution in [2.75, 3.05) is 20.1 Å². The Bertz CT molecular complexity index is 597. The van der Waals surface area contributed by atoms with Gasteiger partial charge in [0, 0.05) is 43.1 Å². The maximum Gasteiger partial charge on any atom is 0.225 e. The minimum atomic E-state index is 0. The highest BCUT2D eigenvalue weighted by Crippen LogP contribution is 2.17. The van der Waals surface area contributed by atoms with Crippen molar-refractivity contribution in [3.8, 4) is 0 Å². The first-order chi connectivity index (χ1) is 12.6. The number of halogens is 2. The Balaban J connectivity index is 0.00000364. The van der Waals surface area contributed by atoms with Crippen molar-refractivity contribution in [3.63, 3.8) is 0 Å². The number of carbonyl (C=O) groups excluding carboxylic acids is 1. The summed E-state index contributed by atoms with van der Waals surface area (Å²) in [4.78, 5) is 18.9. The summed E-state index contributed by atoms with van der Waals surface area (Å²) >= 11 is 3.45. The molecule has 0 radical (unpaired) electrons. The number of nitrogens with zero attached hydrogens (tertiary/aromatic N) is 2. The monoisotopic (exact) mass is 550 g/mol. The van der Waals surface area contributed by atoms with Crippen LogP contribution >= 0.6 is 39.9 Å². The minimum absolute atomic E-state index is 0. The summed E-state index contributed by atoms with van der Waals surface area (Å²) in [6.07, 6.45) is 3.79. The van der Waals surface area contributed by atoms with E-state index in [1.54, 1.807) is 7.05 Å². The van der Waals surface area contributed by atoms with Crippen LogP contribution < -0.4 is 10.6 Å². The van der Waals surface area contributed by atoms with Crippen LogP contribution in [0.1, 0.15) is 45.1 Å². The molecule has 1 saturated heterocycles. The van der Waals surface area contributed by atoms with Crippen LogP contribution in [0.5, 0.6) is 0 Å². The number of piperidine rings is 1. The molecule has 2 N–H and O–H groups in total. The summed E-state index contributed by atoms with van der Waals surface area (Å²) < 4.78 is 1.08. The Kier molecular flexibility index (Phi) is 11.3. The number of hydrogen-bond acceptors (Lipinski definition) is 2. The highest BCUT2D eigenvalue weighted by atomic mass is 127. The number of benzene rings is 1. The summed E-state index contributed by atoms with van der Waals surface area (Å²) in [7, 11) is 1.79. The molecule has 0 bridgehead atoms. The van der Waals surface area contributed by atoms with Crippen LogP contribution in [0.25, 0.3) is 0 Å². The normalized spacial score (nSPS) is 15.4. The Morgan fingerprint density at radius 1 is 1.22 bits per heavy atom. The third-order valence-electron chi connectivity index (χ3n) is 5.08. The van der Waals surface area contributed by atoms with Crippen LogP contribution in [0.2, 0.25) is 0 Å². The van der Waals surface area contributed by atoms with Crippen LogP contribution in [0.15, 0.2) is 33.7 Å². The SMILES string of the molecule is CCC(CC)C(=O)N1CCC(NC(=NC)NCc2ccc(Br)cc2)CC1.I. The van der Waals surface area contributed by atoms with E-state index in [1.807, 2.05) is 17.0 Å². The van der Waals surface area contributed by atoms with Crippen molar-refractivity contribution in [2.24, 2.45) is 10.9 Å². The van der Waals surface area contributed by atoms with E-state index in [1.165, 1.54) is 5.56 Å². The van der Waals surface area contributed by atoms with Crippen LogP contribution in [-0.4, -0.2) is 42.9 Å². The third-order valence-corrected chi connectivity index (χ3v) is 5.61. The average molecular weight is 551 g/mol. The van der Waals surface area contributed by atoms with Gasteiger partial charge in [-0.3, -0.25) is 9.79 Å². The van der Waals surface area contributed by atoms with Gasteiger partial charge in [0.15, 0.2) is 5.96 Å². The molecule has 7 heteroatoms. The first-order valence-corrected chi connectivity index (χ1v) is 10.4. The zero-order valence-electron chi connectivity index (χ0n) is 16.5. The fourth-order valence-electron chi connectivity index (χ4n) is 3.32. The molecule has 27 heavy (non-hydrogen) atoms. The number of hydrogen-bond donors (Lipinski definition) is 2. The Hall–Kier alpha value is -0.830. The standard InChI is InChI=1S/C20H31BrN4O.HI/c1-4-16(5-2)19(26)25-12-10-18(11-13-25)24-20(22-3)23-14-15-6-8-17(21)9-7-15;/h6-9,16,18H,4-5,10-14H2,1-3H3,(H2,22,23,24);1H. The highest BCUT2D eigenvalue weighted by molar-refractivity contribution is 14.0. The molecular formula is C20H32BrIN4O. The van der Waals surface area contributed by atoms with E-state index in [-0.39, 0.29) is 29.9 Å². The summed E-state index contributed by atoms with van der Waals surface area (Å²) in [5, 5.41) is 6.86. The Morgan fingerprint density at radius 3 is 2.33 bits per heavy atom. The number of amides is 1. The number of aliphatic imine (C=N–C) groups is 1. The summed E-state index contributed by atoms with van der Waals surface area (Å²) in [5.41, 5.74) is 1.21. The molecule has 1 aliphatic rings. The van der Waals surface area contributed by atoms with Crippen molar-refractivity contribution < 1.29 is 4.79 Å². The zero-order valence-corrected chi connectivity index (χ0v) is 20.4. The van der Waals surface area contributed by atoms with Crippen LogP contribution in [0, 0.1) is 5.92 Å². The number of guanidine groups is 1. The second kappa shape index (κ2) is 12.6. The summed E-state index contributed by atoms with van der Waals surface area (Å²) in [5.74, 6) is 1.32. The zero-order chi connectivity index (χ0) is 18.9. The maximum absolute atomic E-state index is 12.5. The molecular weight excluding hydrogens is 519 g/mol. The molecule has 0 aromatic heterocycles. The average Bonchev–Trinajstić information content (AvgIpc) is 2.67. The molecule has 0 atom stereocenters. The molecule has 1 fully saturated rings. The maximum atomic E-state index is 12.5. The van der Waals surface area contributed by atoms with E-state index in [0.717, 1.165) is 55.7 Å². The van der Waals surface area contributed by atoms with Gasteiger partial charge in [-0.15, -0.1) is 24.0 Å². The lowest BCUT2D eigenvalue weighted by Crippen LogP contribution is -2.50. The van der Waals surface area contributed by atoms with Crippen molar-refractivity contribution in [2.45, 2.75) is 52.1 Å². The van der Waals surface area contributed by atoms with Gasteiger partial charge in [0.2, 0.25) is 5.91 Å². The molecule has 1 heterocycles. The van der Waals surface area contributed by atoms with E-state index >= 15 is 0 Å². The molecule has 2 rings (SSSR count). The van der Waals surface area contributed by atoms with Gasteiger partial charge >= 0.3 is 0 Å². The van der Waals surface area contributed by atoms with Crippen molar-refractivity contribution >= 4 is 51.8 Å². The van der Waals surface area contributed by atoms with Gasteiger partial charge in [0.25, 0.3) is 0 Å². The van der Waals surface area contributed by atoms with Gasteiger partial charge in [0.1, 0.15) is 0 Å². The second-order valence-electron chi connectivity index (χ2n) is 6.81. The van der Waals surface area contributed by atoms with E-state index in [9.17, 15) is 4.79 Å². The fraction of sp³-hybridized carbons (Fsp3) is 0.600. The van der Waals surface area contributed by atoms with Crippen LogP contribution in [-0.2, 0) is 11.3 Å². The van der Waals surface area contributed by atoms with Crippen molar-refractivity contribution in [3.05, 3.63) is 34.3 Å². The number of nitrogens with one attached hydrogen (secondary N) is 2. The van der Waals surface area contributed by atoms with Gasteiger partial charge in [-0.25, -0.2) is 0 Å². The molecule has 0 unspecified atom stereocenters. The van der Waals surface area contributed by atoms with Gasteiger partial charge in [-0.2, -0.15) is 0 Å². The summed E-state index contributed by atoms with van der Waals surface area (Å²) in [6, 6.07) is 8.62. The Morgan fingerprint density at radius 2 is 1.81 bits per heavy atom. The smallest absolute Gasteiger partial charge is 0.225 e. The predicted molar refractivity (Wildman–Crippen MR) is 127 cm³/mol. The molecule has 152 valence electrons. The lowest BCUT2D eigenvalue weighted by Gasteiger charge is -2.34. The first-order valence-electron chi connectivity index (χ1n) is 9.57. The largest absolute Gasteiger partial charge is 0.354 e. The van der Waals surface area contributed by atoms with Gasteiger partial charge in [-0.05, 0) is 43.4 Å². The topological polar surface area (TPSA) is 56.7 Å². The summed E-state index contributed by atoms with van der Waals surface area (Å²) in [6.45, 7) is 6.59. The second-order valence-corrected chi connectivity index (χ2v) is 7.73. The molecule has 0 spiro atoms. The molecule has 1 aromatic carbocycles. The van der Waals surface area contributed by atoms with Crippen molar-refractivity contribution in [1.82, 2.24) is 15.5 Å². The Labute approximate surface area is 188 Å². The van der Waals surface area contributed by atoms with Gasteiger partial charge in [-0.1, -0.05) is 41.9 Å². The molecule has 5 nitrogen and oxygen atoms in total. The lowest BCUT2D eigenvalue weighted by molar-refractivity contribution is -0.136. The van der Waals surface area contributed by atoms with E-state index < -0.39 is 0 Å². The fourth-order valence-corrected chi connectivity index (χ4v) is 3.58. The highest BCUT2D eigenvalue weighted by Gasteiger charge is 2.26. The van der Waals surface area contributed by atoms with E-state index in [4.69, 9.17) is 0 Å². The minimum Gasteiger partial charge on any atom is -0.354 e. The quantitative estimate of drug-likeness (QED) is 0.318.